The van der Waals surface area contributed by atoms with Crippen LogP contribution in [0.25, 0.3) is 0 Å². The van der Waals surface area contributed by atoms with Gasteiger partial charge in [-0.05, 0) is 57.8 Å². The van der Waals surface area contributed by atoms with Crippen molar-refractivity contribution in [3.05, 3.63) is 43.7 Å². The zero-order valence-corrected chi connectivity index (χ0v) is 19.8. The molecule has 2 aliphatic heterocycles. The van der Waals surface area contributed by atoms with Crippen LogP contribution in [0.15, 0.2) is 33.8 Å². The molecule has 152 valence electrons. The van der Waals surface area contributed by atoms with Gasteiger partial charge in [-0.25, -0.2) is 5.01 Å². The molecule has 1 fully saturated rings. The monoisotopic (exact) mass is 512 g/mol. The molecule has 2 aliphatic rings. The van der Waals surface area contributed by atoms with Crippen molar-refractivity contribution in [1.82, 2.24) is 10.4 Å². The number of nitrogens with one attached hydrogen (secondary N) is 1. The Morgan fingerprint density at radius 1 is 1.24 bits per heavy atom. The van der Waals surface area contributed by atoms with Crippen molar-refractivity contribution in [2.75, 3.05) is 18.1 Å². The van der Waals surface area contributed by atoms with E-state index in [2.05, 4.69) is 35.3 Å². The van der Waals surface area contributed by atoms with Crippen LogP contribution in [0.5, 0.6) is 0 Å². The van der Waals surface area contributed by atoms with E-state index in [9.17, 15) is 4.79 Å². The Kier molecular flexibility index (Phi) is 6.56. The highest BCUT2D eigenvalue weighted by molar-refractivity contribution is 9.10. The van der Waals surface area contributed by atoms with Gasteiger partial charge < -0.3 is 0 Å². The van der Waals surface area contributed by atoms with Crippen molar-refractivity contribution in [3.8, 4) is 0 Å². The zero-order valence-electron chi connectivity index (χ0n) is 15.9. The minimum atomic E-state index is -0.145. The van der Waals surface area contributed by atoms with Crippen LogP contribution in [0.3, 0.4) is 0 Å². The van der Waals surface area contributed by atoms with E-state index in [0.717, 1.165) is 41.0 Å². The molecular weight excluding hydrogens is 494 g/mol. The number of hydrazone groups is 1. The highest BCUT2D eigenvalue weighted by Crippen LogP contribution is 2.43. The highest BCUT2D eigenvalue weighted by Gasteiger charge is 2.36. The van der Waals surface area contributed by atoms with Crippen LogP contribution in [0, 0.1) is 0 Å². The summed E-state index contributed by atoms with van der Waals surface area (Å²) in [4.78, 5) is 14.0. The fourth-order valence-electron chi connectivity index (χ4n) is 3.68. The first-order valence-electron chi connectivity index (χ1n) is 9.56. The lowest BCUT2D eigenvalue weighted by Gasteiger charge is -2.26. The van der Waals surface area contributed by atoms with Crippen LogP contribution in [-0.4, -0.2) is 37.6 Å². The summed E-state index contributed by atoms with van der Waals surface area (Å²) < 4.78 is 2.22. The molecule has 1 amide bonds. The minimum absolute atomic E-state index is 0.108. The maximum absolute atomic E-state index is 12.9. The lowest BCUT2D eigenvalue weighted by molar-refractivity contribution is -0.119. The van der Waals surface area contributed by atoms with Gasteiger partial charge in [0.1, 0.15) is 5.71 Å². The number of hydrogen-bond acceptors (Lipinski definition) is 5. The summed E-state index contributed by atoms with van der Waals surface area (Å²) in [5, 5.41) is 9.60. The SMILES string of the molecule is Bc1cc(Br)c(C2CC(C(=O)NN3CCCCC3)=NN2c2ccc(Cl)cc2Cl)s1. The van der Waals surface area contributed by atoms with Gasteiger partial charge in [0, 0.05) is 33.9 Å². The maximum atomic E-state index is 12.9. The van der Waals surface area contributed by atoms with Gasteiger partial charge in [-0.15, -0.1) is 0 Å². The molecule has 0 aliphatic carbocycles. The Morgan fingerprint density at radius 3 is 2.66 bits per heavy atom. The van der Waals surface area contributed by atoms with Gasteiger partial charge >= 0.3 is 0 Å². The van der Waals surface area contributed by atoms with Gasteiger partial charge in [0.15, 0.2) is 7.85 Å². The zero-order chi connectivity index (χ0) is 20.5. The van der Waals surface area contributed by atoms with Gasteiger partial charge in [-0.2, -0.15) is 16.4 Å². The molecular formula is C19H20BBrCl2N4OS. The second-order valence-electron chi connectivity index (χ2n) is 7.26. The smallest absolute Gasteiger partial charge is 0.281 e. The first kappa shape index (κ1) is 21.2. The summed E-state index contributed by atoms with van der Waals surface area (Å²) in [5.74, 6) is -0.145. The first-order chi connectivity index (χ1) is 13.9. The molecule has 0 radical (unpaired) electrons. The molecule has 29 heavy (non-hydrogen) atoms. The molecule has 1 aromatic heterocycles. The third-order valence-corrected chi connectivity index (χ3v) is 7.69. The molecule has 1 atom stereocenters. The molecule has 10 heteroatoms. The summed E-state index contributed by atoms with van der Waals surface area (Å²) in [6, 6.07) is 7.32. The van der Waals surface area contributed by atoms with E-state index in [0.29, 0.717) is 22.2 Å². The Labute approximate surface area is 193 Å². The van der Waals surface area contributed by atoms with E-state index in [1.165, 1.54) is 11.2 Å². The Balaban J connectivity index is 1.64. The largest absolute Gasteiger partial charge is 0.284 e. The number of amides is 1. The Morgan fingerprint density at radius 2 is 2.00 bits per heavy atom. The number of carbonyl (C=O) groups is 1. The number of halogens is 3. The summed E-state index contributed by atoms with van der Waals surface area (Å²) in [5.41, 5.74) is 4.26. The number of anilines is 1. The second-order valence-corrected chi connectivity index (χ2v) is 10.3. The predicted octanol–water partition coefficient (Wildman–Crippen LogP) is 3.90. The lowest BCUT2D eigenvalue weighted by Crippen LogP contribution is -2.47. The van der Waals surface area contributed by atoms with E-state index in [1.54, 1.807) is 23.5 Å². The number of benzene rings is 1. The van der Waals surface area contributed by atoms with E-state index >= 15 is 0 Å². The Hall–Kier alpha value is -1.06. The quantitative estimate of drug-likeness (QED) is 0.631. The van der Waals surface area contributed by atoms with Crippen molar-refractivity contribution >= 4 is 80.4 Å². The van der Waals surface area contributed by atoms with Gasteiger partial charge in [0.05, 0.1) is 16.8 Å². The van der Waals surface area contributed by atoms with Crippen LogP contribution in [0.2, 0.25) is 10.0 Å². The van der Waals surface area contributed by atoms with E-state index in [-0.39, 0.29) is 11.9 Å². The van der Waals surface area contributed by atoms with Gasteiger partial charge in [0.2, 0.25) is 0 Å². The van der Waals surface area contributed by atoms with Gasteiger partial charge in [-0.3, -0.25) is 15.2 Å². The molecule has 1 saturated heterocycles. The number of carbonyl (C=O) groups excluding carboxylic acids is 1. The van der Waals surface area contributed by atoms with Crippen molar-refractivity contribution < 1.29 is 4.79 Å². The number of rotatable bonds is 4. The average Bonchev–Trinajstić information content (AvgIpc) is 3.25. The molecule has 0 spiro atoms. The molecule has 2 aromatic rings. The standard InChI is InChI=1S/C19H20BBrCl2N4OS/c20-17-9-12(21)18(29-17)16-10-14(19(28)25-26-6-2-1-3-7-26)24-27(16)15-5-4-11(22)8-13(15)23/h4-5,8-9,16H,1-3,6-7,10,20H2,(H,25,28). The van der Waals surface area contributed by atoms with Gasteiger partial charge in [-0.1, -0.05) is 29.6 Å². The number of hydrogen-bond donors (Lipinski definition) is 1. The highest BCUT2D eigenvalue weighted by atomic mass is 79.9. The summed E-state index contributed by atoms with van der Waals surface area (Å²) in [6.45, 7) is 1.76. The van der Waals surface area contributed by atoms with Crippen LogP contribution in [0.4, 0.5) is 5.69 Å². The average molecular weight is 514 g/mol. The van der Waals surface area contributed by atoms with Crippen LogP contribution < -0.4 is 15.2 Å². The molecule has 4 rings (SSSR count). The van der Waals surface area contributed by atoms with E-state index < -0.39 is 0 Å². The predicted molar refractivity (Wildman–Crippen MR) is 127 cm³/mol. The molecule has 1 N–H and O–H groups in total. The number of thiophene rings is 1. The fraction of sp³-hybridized carbons (Fsp3) is 0.368. The fourth-order valence-corrected chi connectivity index (χ4v) is 6.18. The van der Waals surface area contributed by atoms with Gasteiger partial charge in [0.25, 0.3) is 5.91 Å². The van der Waals surface area contributed by atoms with Crippen molar-refractivity contribution in [1.29, 1.82) is 0 Å². The molecule has 3 heterocycles. The first-order valence-corrected chi connectivity index (χ1v) is 11.9. The molecule has 1 unspecified atom stereocenters. The van der Waals surface area contributed by atoms with E-state index in [1.807, 2.05) is 16.1 Å². The molecule has 5 nitrogen and oxygen atoms in total. The second kappa shape index (κ2) is 8.98. The third-order valence-electron chi connectivity index (χ3n) is 5.08. The number of nitrogens with zero attached hydrogens (tertiary/aromatic N) is 3. The number of piperidine rings is 1. The van der Waals surface area contributed by atoms with E-state index in [4.69, 9.17) is 28.3 Å². The lowest BCUT2D eigenvalue weighted by atomic mass is 10.1. The van der Waals surface area contributed by atoms with Crippen LogP contribution >= 0.6 is 50.5 Å². The topological polar surface area (TPSA) is 47.9 Å². The minimum Gasteiger partial charge on any atom is -0.284 e. The summed E-state index contributed by atoms with van der Waals surface area (Å²) in [7, 11) is 2.07. The number of hydrazine groups is 1. The maximum Gasteiger partial charge on any atom is 0.281 e. The molecule has 0 bridgehead atoms. The van der Waals surface area contributed by atoms with Crippen LogP contribution in [0.1, 0.15) is 36.6 Å². The normalized spacial score (nSPS) is 20.0. The van der Waals surface area contributed by atoms with Crippen molar-refractivity contribution in [2.24, 2.45) is 5.10 Å². The Bertz CT molecular complexity index is 964. The van der Waals surface area contributed by atoms with Crippen molar-refractivity contribution in [2.45, 2.75) is 31.7 Å². The summed E-state index contributed by atoms with van der Waals surface area (Å²) in [6.07, 6.45) is 3.92. The third kappa shape index (κ3) is 4.67. The summed E-state index contributed by atoms with van der Waals surface area (Å²) >= 11 is 17.9. The molecule has 0 saturated carbocycles. The van der Waals surface area contributed by atoms with Crippen LogP contribution in [-0.2, 0) is 4.79 Å². The van der Waals surface area contributed by atoms with Crippen molar-refractivity contribution in [3.63, 3.8) is 0 Å². The molecule has 1 aromatic carbocycles.